The normalized spacial score (nSPS) is 16.7. The van der Waals surface area contributed by atoms with Crippen LogP contribution >= 0.6 is 23.2 Å². The second kappa shape index (κ2) is 5.39. The molecule has 0 radical (unpaired) electrons. The van der Waals surface area contributed by atoms with Crippen LogP contribution in [-0.2, 0) is 4.79 Å². The van der Waals surface area contributed by atoms with Gasteiger partial charge in [0.05, 0.1) is 11.3 Å². The summed E-state index contributed by atoms with van der Waals surface area (Å²) in [6.45, 7) is 0. The van der Waals surface area contributed by atoms with Gasteiger partial charge >= 0.3 is 0 Å². The van der Waals surface area contributed by atoms with Crippen LogP contribution in [0.15, 0.2) is 51.7 Å². The molecule has 0 unspecified atom stereocenters. The van der Waals surface area contributed by atoms with Gasteiger partial charge in [0.15, 0.2) is 0 Å². The van der Waals surface area contributed by atoms with Gasteiger partial charge < -0.3 is 4.42 Å². The summed E-state index contributed by atoms with van der Waals surface area (Å²) in [7, 11) is 1.65. The van der Waals surface area contributed by atoms with Crippen LogP contribution < -0.4 is 0 Å². The van der Waals surface area contributed by atoms with Gasteiger partial charge in [-0.3, -0.25) is 9.69 Å². The largest absolute Gasteiger partial charge is 0.465 e. The van der Waals surface area contributed by atoms with Gasteiger partial charge in [0.1, 0.15) is 17.3 Å². The van der Waals surface area contributed by atoms with Crippen LogP contribution in [0.5, 0.6) is 0 Å². The lowest BCUT2D eigenvalue weighted by molar-refractivity contribution is -0.121. The van der Waals surface area contributed by atoms with E-state index in [1.807, 2.05) is 0 Å². The molecule has 1 aromatic carbocycles. The molecule has 1 aromatic heterocycles. The highest BCUT2D eigenvalue weighted by molar-refractivity contribution is 6.37. The van der Waals surface area contributed by atoms with Crippen molar-refractivity contribution >= 4 is 41.0 Å². The van der Waals surface area contributed by atoms with E-state index in [-0.39, 0.29) is 5.91 Å². The Hall–Kier alpha value is -2.04. The maximum Gasteiger partial charge on any atom is 0.278 e. The van der Waals surface area contributed by atoms with Gasteiger partial charge in [-0.25, -0.2) is 4.99 Å². The maximum atomic E-state index is 12.2. The first-order chi connectivity index (χ1) is 10.1. The first-order valence-electron chi connectivity index (χ1n) is 6.13. The van der Waals surface area contributed by atoms with E-state index in [0.29, 0.717) is 32.9 Å². The number of halogens is 2. The van der Waals surface area contributed by atoms with Gasteiger partial charge in [-0.05, 0) is 30.3 Å². The Morgan fingerprint density at radius 2 is 2.10 bits per heavy atom. The molecular weight excluding hydrogens is 311 g/mol. The molecule has 0 aliphatic carbocycles. The van der Waals surface area contributed by atoms with Crippen LogP contribution in [-0.4, -0.2) is 23.7 Å². The molecule has 21 heavy (non-hydrogen) atoms. The number of likely N-dealkylation sites (N-methyl/N-ethyl adjacent to an activating group) is 1. The van der Waals surface area contributed by atoms with Gasteiger partial charge in [-0.15, -0.1) is 0 Å². The van der Waals surface area contributed by atoms with Crippen molar-refractivity contribution in [2.24, 2.45) is 4.99 Å². The minimum Gasteiger partial charge on any atom is -0.465 e. The van der Waals surface area contributed by atoms with Crippen LogP contribution in [0.25, 0.3) is 6.08 Å². The van der Waals surface area contributed by atoms with Crippen LogP contribution in [0.1, 0.15) is 11.3 Å². The van der Waals surface area contributed by atoms with E-state index in [2.05, 4.69) is 4.99 Å². The van der Waals surface area contributed by atoms with Gasteiger partial charge in [-0.2, -0.15) is 0 Å². The highest BCUT2D eigenvalue weighted by atomic mass is 35.5. The number of furan rings is 1. The van der Waals surface area contributed by atoms with Gasteiger partial charge in [0.25, 0.3) is 5.91 Å². The monoisotopic (exact) mass is 320 g/mol. The van der Waals surface area contributed by atoms with Crippen molar-refractivity contribution < 1.29 is 9.21 Å². The lowest BCUT2D eigenvalue weighted by Gasteiger charge is -2.12. The number of nitrogens with zero attached hydrogens (tertiary/aromatic N) is 2. The molecule has 6 heteroatoms. The first-order valence-corrected chi connectivity index (χ1v) is 6.89. The second-order valence-electron chi connectivity index (χ2n) is 4.47. The predicted octanol–water partition coefficient (Wildman–Crippen LogP) is 3.85. The predicted molar refractivity (Wildman–Crippen MR) is 82.5 cm³/mol. The maximum absolute atomic E-state index is 12.2. The Kier molecular flexibility index (Phi) is 3.57. The lowest BCUT2D eigenvalue weighted by Crippen LogP contribution is -2.28. The fourth-order valence-electron chi connectivity index (χ4n) is 2.02. The molecule has 0 N–H and O–H groups in total. The summed E-state index contributed by atoms with van der Waals surface area (Å²) in [6, 6.07) is 8.56. The number of hydrogen-bond donors (Lipinski definition) is 0. The van der Waals surface area contributed by atoms with E-state index >= 15 is 0 Å². The third-order valence-electron chi connectivity index (χ3n) is 3.06. The van der Waals surface area contributed by atoms with Gasteiger partial charge in [0.2, 0.25) is 0 Å². The molecule has 2 heterocycles. The Bertz CT molecular complexity index is 764. The van der Waals surface area contributed by atoms with Crippen LogP contribution in [0, 0.1) is 0 Å². The molecule has 3 rings (SSSR count). The summed E-state index contributed by atoms with van der Waals surface area (Å²) in [5, 5.41) is 0.975. The minimum absolute atomic E-state index is 0.215. The summed E-state index contributed by atoms with van der Waals surface area (Å²) in [4.78, 5) is 18.0. The Morgan fingerprint density at radius 1 is 1.29 bits per heavy atom. The number of hydrogen-bond acceptors (Lipinski definition) is 3. The van der Waals surface area contributed by atoms with Crippen LogP contribution in [0.2, 0.25) is 10.0 Å². The average Bonchev–Trinajstić information content (AvgIpc) is 3.04. The zero-order valence-electron chi connectivity index (χ0n) is 11.0. The minimum atomic E-state index is -0.215. The van der Waals surface area contributed by atoms with E-state index < -0.39 is 0 Å². The second-order valence-corrected chi connectivity index (χ2v) is 5.31. The fraction of sp³-hybridized carbons (Fsp3) is 0.0667. The van der Waals surface area contributed by atoms with Crippen molar-refractivity contribution in [1.29, 1.82) is 0 Å². The number of carbonyl (C=O) groups excluding carboxylic acids is 1. The number of amidine groups is 1. The van der Waals surface area contributed by atoms with Crippen molar-refractivity contribution in [3.8, 4) is 0 Å². The molecule has 0 bridgehead atoms. The topological polar surface area (TPSA) is 45.8 Å². The summed E-state index contributed by atoms with van der Waals surface area (Å²) in [5.74, 6) is 0.839. The third-order valence-corrected chi connectivity index (χ3v) is 3.61. The average molecular weight is 321 g/mol. The summed E-state index contributed by atoms with van der Waals surface area (Å²) in [5.41, 5.74) is 0.952. The van der Waals surface area contributed by atoms with E-state index in [9.17, 15) is 4.79 Å². The molecule has 0 spiro atoms. The van der Waals surface area contributed by atoms with Crippen molar-refractivity contribution in [1.82, 2.24) is 4.90 Å². The van der Waals surface area contributed by atoms with Crippen molar-refractivity contribution in [3.63, 3.8) is 0 Å². The molecule has 1 aliphatic heterocycles. The standard InChI is InChI=1S/C15H10Cl2N2O2/c1-19-14(11-5-4-9(16)7-12(11)17)18-13(15(19)20)8-10-3-2-6-21-10/h2-8H,1H3/b13-8+. The quantitative estimate of drug-likeness (QED) is 0.789. The summed E-state index contributed by atoms with van der Waals surface area (Å²) >= 11 is 12.1. The first kappa shape index (κ1) is 13.9. The smallest absolute Gasteiger partial charge is 0.278 e. The van der Waals surface area contributed by atoms with Crippen LogP contribution in [0.4, 0.5) is 0 Å². The molecular formula is C15H10Cl2N2O2. The van der Waals surface area contributed by atoms with Crippen LogP contribution in [0.3, 0.4) is 0 Å². The number of aliphatic imine (C=N–C) groups is 1. The molecule has 4 nitrogen and oxygen atoms in total. The number of benzene rings is 1. The van der Waals surface area contributed by atoms with Gasteiger partial charge in [-0.1, -0.05) is 23.2 Å². The van der Waals surface area contributed by atoms with E-state index in [1.165, 1.54) is 11.2 Å². The fourth-order valence-corrected chi connectivity index (χ4v) is 2.51. The lowest BCUT2D eigenvalue weighted by atomic mass is 10.2. The number of amides is 1. The van der Waals surface area contributed by atoms with E-state index in [4.69, 9.17) is 27.6 Å². The molecule has 2 aromatic rings. The molecule has 0 saturated carbocycles. The molecule has 1 amide bonds. The Labute approximate surface area is 131 Å². The molecule has 0 atom stereocenters. The third kappa shape index (κ3) is 2.60. The van der Waals surface area contributed by atoms with Crippen molar-refractivity contribution in [3.05, 3.63) is 63.7 Å². The van der Waals surface area contributed by atoms with Crippen molar-refractivity contribution in [2.75, 3.05) is 7.05 Å². The SMILES string of the molecule is CN1C(=O)/C(=C\c2ccco2)N=C1c1ccc(Cl)cc1Cl. The highest BCUT2D eigenvalue weighted by Gasteiger charge is 2.29. The molecule has 1 aliphatic rings. The molecule has 106 valence electrons. The Balaban J connectivity index is 2.04. The molecule has 0 fully saturated rings. The zero-order valence-corrected chi connectivity index (χ0v) is 12.5. The molecule has 0 saturated heterocycles. The highest BCUT2D eigenvalue weighted by Crippen LogP contribution is 2.27. The number of carbonyl (C=O) groups is 1. The Morgan fingerprint density at radius 3 is 2.76 bits per heavy atom. The van der Waals surface area contributed by atoms with Crippen molar-refractivity contribution in [2.45, 2.75) is 0 Å². The van der Waals surface area contributed by atoms with E-state index in [0.717, 1.165) is 0 Å². The van der Waals surface area contributed by atoms with Gasteiger partial charge in [0, 0.05) is 23.7 Å². The summed E-state index contributed by atoms with van der Waals surface area (Å²) in [6.07, 6.45) is 3.13. The number of rotatable bonds is 2. The zero-order chi connectivity index (χ0) is 15.0. The van der Waals surface area contributed by atoms with E-state index in [1.54, 1.807) is 43.5 Å². The summed E-state index contributed by atoms with van der Waals surface area (Å²) < 4.78 is 5.20.